The van der Waals surface area contributed by atoms with Gasteiger partial charge in [0, 0.05) is 11.0 Å². The van der Waals surface area contributed by atoms with Crippen molar-refractivity contribution in [2.45, 2.75) is 13.5 Å². The maximum atomic E-state index is 5.19. The van der Waals surface area contributed by atoms with Gasteiger partial charge in [0.1, 0.15) is 10.8 Å². The molecule has 0 saturated carbocycles. The Morgan fingerprint density at radius 3 is 2.88 bits per heavy atom. The van der Waals surface area contributed by atoms with E-state index in [1.165, 1.54) is 0 Å². The summed E-state index contributed by atoms with van der Waals surface area (Å²) in [6, 6.07) is 5.88. The molecule has 0 unspecified atom stereocenters. The minimum Gasteiger partial charge on any atom is -0.497 e. The van der Waals surface area contributed by atoms with E-state index in [0.29, 0.717) is 6.54 Å². The highest BCUT2D eigenvalue weighted by atomic mass is 79.9. The molecule has 4 nitrogen and oxygen atoms in total. The van der Waals surface area contributed by atoms with Crippen LogP contribution in [-0.2, 0) is 6.54 Å². The summed E-state index contributed by atoms with van der Waals surface area (Å²) in [5, 5.41) is 13.0. The predicted molar refractivity (Wildman–Crippen MR) is 72.7 cm³/mol. The topological polar surface area (TPSA) is 47.0 Å². The molecule has 6 heteroatoms. The lowest BCUT2D eigenvalue weighted by atomic mass is 10.2. The van der Waals surface area contributed by atoms with Crippen LogP contribution in [0.4, 0.5) is 5.13 Å². The van der Waals surface area contributed by atoms with Gasteiger partial charge in [-0.15, -0.1) is 10.2 Å². The summed E-state index contributed by atoms with van der Waals surface area (Å²) < 4.78 is 6.24. The molecule has 0 radical (unpaired) electrons. The fourth-order valence-electron chi connectivity index (χ4n) is 1.35. The van der Waals surface area contributed by atoms with Gasteiger partial charge in [-0.05, 0) is 30.7 Å². The number of hydrogen-bond acceptors (Lipinski definition) is 5. The molecule has 1 aromatic carbocycles. The van der Waals surface area contributed by atoms with Crippen LogP contribution in [-0.4, -0.2) is 17.3 Å². The summed E-state index contributed by atoms with van der Waals surface area (Å²) in [4.78, 5) is 0. The molecular weight excluding hydrogens is 302 g/mol. The van der Waals surface area contributed by atoms with Crippen LogP contribution < -0.4 is 10.1 Å². The number of methoxy groups -OCH3 is 1. The molecule has 0 atom stereocenters. The highest BCUT2D eigenvalue weighted by Gasteiger charge is 2.04. The van der Waals surface area contributed by atoms with Gasteiger partial charge in [0.05, 0.1) is 7.11 Å². The second kappa shape index (κ2) is 5.46. The number of ether oxygens (including phenoxy) is 1. The van der Waals surface area contributed by atoms with Crippen molar-refractivity contribution in [3.05, 3.63) is 33.2 Å². The third-order valence-electron chi connectivity index (χ3n) is 2.21. The summed E-state index contributed by atoms with van der Waals surface area (Å²) >= 11 is 5.05. The molecule has 0 aliphatic heterocycles. The Morgan fingerprint density at radius 2 is 2.24 bits per heavy atom. The third kappa shape index (κ3) is 3.17. The van der Waals surface area contributed by atoms with E-state index in [1.54, 1.807) is 18.4 Å². The van der Waals surface area contributed by atoms with Gasteiger partial charge in [0.25, 0.3) is 0 Å². The maximum Gasteiger partial charge on any atom is 0.205 e. The lowest BCUT2D eigenvalue weighted by Crippen LogP contribution is -2.00. The lowest BCUT2D eigenvalue weighted by Gasteiger charge is -2.07. The first-order chi connectivity index (χ1) is 8.19. The van der Waals surface area contributed by atoms with Crippen LogP contribution in [0.25, 0.3) is 0 Å². The van der Waals surface area contributed by atoms with E-state index in [2.05, 4.69) is 31.4 Å². The molecule has 2 aromatic rings. The Balaban J connectivity index is 2.07. The number of halogens is 1. The van der Waals surface area contributed by atoms with E-state index in [4.69, 9.17) is 4.74 Å². The Labute approximate surface area is 112 Å². The van der Waals surface area contributed by atoms with E-state index in [1.807, 2.05) is 25.1 Å². The van der Waals surface area contributed by atoms with Crippen molar-refractivity contribution in [3.63, 3.8) is 0 Å². The number of rotatable bonds is 4. The van der Waals surface area contributed by atoms with Gasteiger partial charge in [-0.3, -0.25) is 0 Å². The minimum absolute atomic E-state index is 0.687. The molecule has 0 spiro atoms. The van der Waals surface area contributed by atoms with Gasteiger partial charge < -0.3 is 10.1 Å². The van der Waals surface area contributed by atoms with Gasteiger partial charge in [-0.2, -0.15) is 0 Å². The summed E-state index contributed by atoms with van der Waals surface area (Å²) in [5.74, 6) is 0.846. The van der Waals surface area contributed by atoms with E-state index in [0.717, 1.165) is 25.9 Å². The molecular formula is C11H12BrN3OS. The molecule has 0 saturated heterocycles. The zero-order chi connectivity index (χ0) is 12.3. The van der Waals surface area contributed by atoms with Gasteiger partial charge in [-0.1, -0.05) is 27.3 Å². The van der Waals surface area contributed by atoms with Crippen LogP contribution in [0.15, 0.2) is 22.7 Å². The van der Waals surface area contributed by atoms with Crippen LogP contribution in [0.1, 0.15) is 10.6 Å². The highest BCUT2D eigenvalue weighted by Crippen LogP contribution is 2.24. The average molecular weight is 314 g/mol. The van der Waals surface area contributed by atoms with Crippen LogP contribution in [0.5, 0.6) is 5.75 Å². The second-order valence-electron chi connectivity index (χ2n) is 3.44. The molecule has 1 aromatic heterocycles. The first-order valence-corrected chi connectivity index (χ1v) is 6.66. The number of hydrogen-bond donors (Lipinski definition) is 1. The van der Waals surface area contributed by atoms with Crippen molar-refractivity contribution in [2.75, 3.05) is 12.4 Å². The SMILES string of the molecule is COc1ccc(Br)c(CNc2nnc(C)s2)c1. The van der Waals surface area contributed by atoms with Crippen LogP contribution >= 0.6 is 27.3 Å². The van der Waals surface area contributed by atoms with E-state index in [-0.39, 0.29) is 0 Å². The molecule has 0 aliphatic rings. The highest BCUT2D eigenvalue weighted by molar-refractivity contribution is 9.10. The molecule has 1 N–H and O–H groups in total. The second-order valence-corrected chi connectivity index (χ2v) is 5.47. The molecule has 1 heterocycles. The maximum absolute atomic E-state index is 5.19. The van der Waals surface area contributed by atoms with Crippen molar-refractivity contribution < 1.29 is 4.74 Å². The Bertz CT molecular complexity index is 515. The number of benzene rings is 1. The zero-order valence-corrected chi connectivity index (χ0v) is 11.9. The Hall–Kier alpha value is -1.14. The Kier molecular flexibility index (Phi) is 3.96. The summed E-state index contributed by atoms with van der Waals surface area (Å²) in [7, 11) is 1.66. The van der Waals surface area contributed by atoms with Crippen LogP contribution in [0, 0.1) is 6.92 Å². The summed E-state index contributed by atoms with van der Waals surface area (Å²) in [5.41, 5.74) is 1.12. The third-order valence-corrected chi connectivity index (χ3v) is 3.78. The number of aryl methyl sites for hydroxylation is 1. The predicted octanol–water partition coefficient (Wildman–Crippen LogP) is 3.23. The first kappa shape index (κ1) is 12.3. The number of anilines is 1. The first-order valence-electron chi connectivity index (χ1n) is 5.05. The molecule has 0 bridgehead atoms. The van der Waals surface area contributed by atoms with Crippen molar-refractivity contribution in [2.24, 2.45) is 0 Å². The number of nitrogens with zero attached hydrogens (tertiary/aromatic N) is 2. The van der Waals surface area contributed by atoms with E-state index >= 15 is 0 Å². The number of nitrogens with one attached hydrogen (secondary N) is 1. The monoisotopic (exact) mass is 313 g/mol. The molecule has 17 heavy (non-hydrogen) atoms. The van der Waals surface area contributed by atoms with Gasteiger partial charge in [0.2, 0.25) is 5.13 Å². The molecule has 0 amide bonds. The minimum atomic E-state index is 0.687. The zero-order valence-electron chi connectivity index (χ0n) is 9.53. The molecule has 0 aliphatic carbocycles. The fourth-order valence-corrected chi connectivity index (χ4v) is 2.33. The average Bonchev–Trinajstić information content (AvgIpc) is 2.74. The van der Waals surface area contributed by atoms with Gasteiger partial charge in [-0.25, -0.2) is 0 Å². The molecule has 0 fully saturated rings. The van der Waals surface area contributed by atoms with Crippen LogP contribution in [0.3, 0.4) is 0 Å². The standard InChI is InChI=1S/C11H12BrN3OS/c1-7-14-15-11(17-7)13-6-8-5-9(16-2)3-4-10(8)12/h3-5H,6H2,1-2H3,(H,13,15). The smallest absolute Gasteiger partial charge is 0.205 e. The normalized spacial score (nSPS) is 10.3. The van der Waals surface area contributed by atoms with Gasteiger partial charge >= 0.3 is 0 Å². The van der Waals surface area contributed by atoms with Crippen molar-refractivity contribution in [3.8, 4) is 5.75 Å². The Morgan fingerprint density at radius 1 is 1.41 bits per heavy atom. The number of aromatic nitrogens is 2. The van der Waals surface area contributed by atoms with Crippen molar-refractivity contribution in [1.29, 1.82) is 0 Å². The summed E-state index contributed by atoms with van der Waals surface area (Å²) in [6.07, 6.45) is 0. The van der Waals surface area contributed by atoms with E-state index < -0.39 is 0 Å². The van der Waals surface area contributed by atoms with Crippen molar-refractivity contribution in [1.82, 2.24) is 10.2 Å². The molecule has 90 valence electrons. The van der Waals surface area contributed by atoms with Crippen LogP contribution in [0.2, 0.25) is 0 Å². The fraction of sp³-hybridized carbons (Fsp3) is 0.273. The van der Waals surface area contributed by atoms with Crippen molar-refractivity contribution >= 4 is 32.4 Å². The van der Waals surface area contributed by atoms with Gasteiger partial charge in [0.15, 0.2) is 0 Å². The quantitative estimate of drug-likeness (QED) is 0.941. The van der Waals surface area contributed by atoms with E-state index in [9.17, 15) is 0 Å². The summed E-state index contributed by atoms with van der Waals surface area (Å²) in [6.45, 7) is 2.62. The molecule has 2 rings (SSSR count). The largest absolute Gasteiger partial charge is 0.497 e. The lowest BCUT2D eigenvalue weighted by molar-refractivity contribution is 0.414.